The molecule has 0 aliphatic rings. The summed E-state index contributed by atoms with van der Waals surface area (Å²) in [6.07, 6.45) is 0. The van der Waals surface area contributed by atoms with Crippen LogP contribution in [0.25, 0.3) is 0 Å². The number of hydrogen-bond acceptors (Lipinski definition) is 3. The summed E-state index contributed by atoms with van der Waals surface area (Å²) in [7, 11) is 0. The number of aromatic hydroxyl groups is 1. The standard InChI is InChI=1S/C8H9Cl2NO2.ClH/c9-4-1-5(10)8(6(11)3-12)7(13)2-4;/h1-2,6,12-13H,3,11H2;1H/t6-;/m1./s1. The Labute approximate surface area is 97.8 Å². The monoisotopic (exact) mass is 257 g/mol. The lowest BCUT2D eigenvalue weighted by atomic mass is 10.1. The Morgan fingerprint density at radius 3 is 2.36 bits per heavy atom. The highest BCUT2D eigenvalue weighted by Gasteiger charge is 2.14. The maximum atomic E-state index is 9.41. The van der Waals surface area contributed by atoms with Crippen molar-refractivity contribution in [3.05, 3.63) is 27.7 Å². The first-order valence-electron chi connectivity index (χ1n) is 3.60. The van der Waals surface area contributed by atoms with Gasteiger partial charge in [0.05, 0.1) is 17.7 Å². The molecule has 4 N–H and O–H groups in total. The van der Waals surface area contributed by atoms with Crippen LogP contribution in [-0.4, -0.2) is 16.8 Å². The highest BCUT2D eigenvalue weighted by molar-refractivity contribution is 6.35. The highest BCUT2D eigenvalue weighted by Crippen LogP contribution is 2.33. The number of hydrogen-bond donors (Lipinski definition) is 3. The quantitative estimate of drug-likeness (QED) is 0.761. The molecular formula is C8H10Cl3NO2. The molecule has 0 amide bonds. The van der Waals surface area contributed by atoms with Gasteiger partial charge < -0.3 is 15.9 Å². The molecule has 0 unspecified atom stereocenters. The predicted molar refractivity (Wildman–Crippen MR) is 59.4 cm³/mol. The van der Waals surface area contributed by atoms with Crippen molar-refractivity contribution in [3.8, 4) is 5.75 Å². The van der Waals surface area contributed by atoms with E-state index in [1.54, 1.807) is 0 Å². The molecule has 0 radical (unpaired) electrons. The van der Waals surface area contributed by atoms with Crippen LogP contribution in [-0.2, 0) is 0 Å². The summed E-state index contributed by atoms with van der Waals surface area (Å²) in [5, 5.41) is 18.8. The maximum absolute atomic E-state index is 9.41. The van der Waals surface area contributed by atoms with Gasteiger partial charge in [-0.25, -0.2) is 0 Å². The molecule has 0 aliphatic carbocycles. The van der Waals surface area contributed by atoms with Crippen LogP contribution in [0.4, 0.5) is 0 Å². The van der Waals surface area contributed by atoms with E-state index in [2.05, 4.69) is 0 Å². The lowest BCUT2D eigenvalue weighted by Gasteiger charge is -2.12. The van der Waals surface area contributed by atoms with Crippen LogP contribution in [0.2, 0.25) is 10.0 Å². The summed E-state index contributed by atoms with van der Waals surface area (Å²) in [6.45, 7) is -0.283. The highest BCUT2D eigenvalue weighted by atomic mass is 35.5. The minimum Gasteiger partial charge on any atom is -0.507 e. The van der Waals surface area contributed by atoms with Crippen LogP contribution in [0.15, 0.2) is 12.1 Å². The van der Waals surface area contributed by atoms with Crippen molar-refractivity contribution in [3.63, 3.8) is 0 Å². The average molecular weight is 259 g/mol. The van der Waals surface area contributed by atoms with Crippen LogP contribution >= 0.6 is 35.6 Å². The zero-order valence-corrected chi connectivity index (χ0v) is 9.40. The molecule has 0 saturated heterocycles. The summed E-state index contributed by atoms with van der Waals surface area (Å²) < 4.78 is 0. The first-order valence-corrected chi connectivity index (χ1v) is 4.36. The number of halogens is 3. The molecule has 6 heteroatoms. The number of nitrogens with two attached hydrogens (primary N) is 1. The Morgan fingerprint density at radius 1 is 1.36 bits per heavy atom. The van der Waals surface area contributed by atoms with Crippen LogP contribution in [0.1, 0.15) is 11.6 Å². The number of benzene rings is 1. The lowest BCUT2D eigenvalue weighted by molar-refractivity contribution is 0.265. The fourth-order valence-electron chi connectivity index (χ4n) is 1.03. The maximum Gasteiger partial charge on any atom is 0.123 e. The molecule has 0 aromatic heterocycles. The first-order chi connectivity index (χ1) is 6.06. The molecule has 0 aliphatic heterocycles. The van der Waals surface area contributed by atoms with Crippen molar-refractivity contribution in [2.75, 3.05) is 6.61 Å². The van der Waals surface area contributed by atoms with Gasteiger partial charge in [-0.2, -0.15) is 0 Å². The van der Waals surface area contributed by atoms with Gasteiger partial charge in [0.1, 0.15) is 5.75 Å². The molecule has 1 rings (SSSR count). The smallest absolute Gasteiger partial charge is 0.123 e. The molecular weight excluding hydrogens is 248 g/mol. The molecule has 0 saturated carbocycles. The van der Waals surface area contributed by atoms with Gasteiger partial charge in [0.25, 0.3) is 0 Å². The fraction of sp³-hybridized carbons (Fsp3) is 0.250. The van der Waals surface area contributed by atoms with Gasteiger partial charge in [0.15, 0.2) is 0 Å². The number of aliphatic hydroxyl groups excluding tert-OH is 1. The Bertz CT molecular complexity index is 296. The van der Waals surface area contributed by atoms with Crippen LogP contribution in [0.5, 0.6) is 5.75 Å². The summed E-state index contributed by atoms with van der Waals surface area (Å²) in [5.41, 5.74) is 5.82. The van der Waals surface area contributed by atoms with Gasteiger partial charge in [-0.05, 0) is 12.1 Å². The van der Waals surface area contributed by atoms with Gasteiger partial charge in [-0.3, -0.25) is 0 Å². The molecule has 1 atom stereocenters. The topological polar surface area (TPSA) is 66.5 Å². The second-order valence-corrected chi connectivity index (χ2v) is 3.45. The van der Waals surface area contributed by atoms with Crippen molar-refractivity contribution < 1.29 is 10.2 Å². The van der Waals surface area contributed by atoms with Gasteiger partial charge in [0.2, 0.25) is 0 Å². The summed E-state index contributed by atoms with van der Waals surface area (Å²) in [6, 6.07) is 2.11. The van der Waals surface area contributed by atoms with Gasteiger partial charge >= 0.3 is 0 Å². The summed E-state index contributed by atoms with van der Waals surface area (Å²) in [4.78, 5) is 0. The van der Waals surface area contributed by atoms with E-state index in [0.717, 1.165) is 0 Å². The van der Waals surface area contributed by atoms with E-state index >= 15 is 0 Å². The molecule has 0 heterocycles. The zero-order chi connectivity index (χ0) is 10.0. The number of phenolic OH excluding ortho intramolecular Hbond substituents is 1. The van der Waals surface area contributed by atoms with E-state index in [9.17, 15) is 5.11 Å². The zero-order valence-electron chi connectivity index (χ0n) is 7.08. The first kappa shape index (κ1) is 13.8. The minimum absolute atomic E-state index is 0. The molecule has 0 fully saturated rings. The minimum atomic E-state index is -0.690. The predicted octanol–water partition coefficient (Wildman–Crippen LogP) is 2.11. The number of aliphatic hydroxyl groups is 1. The van der Waals surface area contributed by atoms with E-state index in [0.29, 0.717) is 10.6 Å². The van der Waals surface area contributed by atoms with Crippen molar-refractivity contribution in [1.29, 1.82) is 0 Å². The van der Waals surface area contributed by atoms with E-state index in [4.69, 9.17) is 34.0 Å². The SMILES string of the molecule is Cl.N[C@H](CO)c1c(O)cc(Cl)cc1Cl. The van der Waals surface area contributed by atoms with Gasteiger partial charge in [-0.1, -0.05) is 23.2 Å². The van der Waals surface area contributed by atoms with Crippen LogP contribution in [0.3, 0.4) is 0 Å². The second kappa shape index (κ2) is 5.63. The summed E-state index contributed by atoms with van der Waals surface area (Å²) >= 11 is 11.4. The van der Waals surface area contributed by atoms with E-state index in [-0.39, 0.29) is 29.8 Å². The third-order valence-electron chi connectivity index (χ3n) is 1.64. The van der Waals surface area contributed by atoms with Crippen molar-refractivity contribution >= 4 is 35.6 Å². The normalized spacial score (nSPS) is 12.0. The van der Waals surface area contributed by atoms with E-state index < -0.39 is 6.04 Å². The molecule has 0 spiro atoms. The van der Waals surface area contributed by atoms with Crippen molar-refractivity contribution in [2.24, 2.45) is 5.73 Å². The fourth-order valence-corrected chi connectivity index (χ4v) is 1.65. The van der Waals surface area contributed by atoms with Gasteiger partial charge in [-0.15, -0.1) is 12.4 Å². The van der Waals surface area contributed by atoms with Crippen LogP contribution < -0.4 is 5.73 Å². The molecule has 3 nitrogen and oxygen atoms in total. The molecule has 1 aromatic carbocycles. The third-order valence-corrected chi connectivity index (χ3v) is 2.17. The van der Waals surface area contributed by atoms with Gasteiger partial charge in [0, 0.05) is 10.6 Å². The van der Waals surface area contributed by atoms with Crippen molar-refractivity contribution in [1.82, 2.24) is 0 Å². The molecule has 1 aromatic rings. The van der Waals surface area contributed by atoms with Crippen LogP contribution in [0, 0.1) is 0 Å². The lowest BCUT2D eigenvalue weighted by Crippen LogP contribution is -2.15. The Morgan fingerprint density at radius 2 is 1.93 bits per heavy atom. The average Bonchev–Trinajstić information content (AvgIpc) is 2.02. The summed E-state index contributed by atoms with van der Waals surface area (Å²) in [5.74, 6) is -0.0981. The Kier molecular flexibility index (Phi) is 5.56. The number of rotatable bonds is 2. The molecule has 14 heavy (non-hydrogen) atoms. The van der Waals surface area contributed by atoms with Crippen molar-refractivity contribution in [2.45, 2.75) is 6.04 Å². The van der Waals surface area contributed by atoms with E-state index in [1.807, 2.05) is 0 Å². The van der Waals surface area contributed by atoms with E-state index in [1.165, 1.54) is 12.1 Å². The Balaban J connectivity index is 0.00000169. The molecule has 0 bridgehead atoms. The molecule has 80 valence electrons. The number of phenols is 1. The second-order valence-electron chi connectivity index (χ2n) is 2.61. The largest absolute Gasteiger partial charge is 0.507 e. The Hall–Kier alpha value is -0.190. The third kappa shape index (κ3) is 2.90.